The van der Waals surface area contributed by atoms with Gasteiger partial charge in [-0.1, -0.05) is 23.4 Å². The van der Waals surface area contributed by atoms with E-state index in [-0.39, 0.29) is 0 Å². The Labute approximate surface area is 100 Å². The van der Waals surface area contributed by atoms with Crippen LogP contribution in [0.5, 0.6) is 0 Å². The molecular formula is C11H16N6. The third-order valence-electron chi connectivity index (χ3n) is 2.51. The van der Waals surface area contributed by atoms with E-state index in [1.54, 1.807) is 0 Å². The van der Waals surface area contributed by atoms with Crippen molar-refractivity contribution < 1.29 is 0 Å². The normalized spacial score (nSPS) is 14.9. The summed E-state index contributed by atoms with van der Waals surface area (Å²) in [5.74, 6) is 0. The molecule has 6 heteroatoms. The van der Waals surface area contributed by atoms with Gasteiger partial charge in [0, 0.05) is 31.9 Å². The molecule has 0 bridgehead atoms. The Bertz CT molecular complexity index is 364. The maximum absolute atomic E-state index is 3.38. The van der Waals surface area contributed by atoms with Crippen molar-refractivity contribution in [2.75, 3.05) is 31.1 Å². The van der Waals surface area contributed by atoms with E-state index < -0.39 is 0 Å². The van der Waals surface area contributed by atoms with E-state index in [0.29, 0.717) is 0 Å². The fourth-order valence-electron chi connectivity index (χ4n) is 1.69. The van der Waals surface area contributed by atoms with Gasteiger partial charge in [0.2, 0.25) is 0 Å². The molecule has 2 aromatic rings. The lowest BCUT2D eigenvalue weighted by Gasteiger charge is -2.29. The molecule has 1 aliphatic rings. The van der Waals surface area contributed by atoms with Crippen molar-refractivity contribution in [2.24, 2.45) is 0 Å². The lowest BCUT2D eigenvalue weighted by Crippen LogP contribution is -2.43. The molecule has 1 fully saturated rings. The minimum Gasteiger partial charge on any atom is -0.369 e. The van der Waals surface area contributed by atoms with Gasteiger partial charge in [-0.15, -0.1) is 10.2 Å². The summed E-state index contributed by atoms with van der Waals surface area (Å²) in [4.78, 5) is 2.41. The number of rotatable bonds is 1. The number of para-hydroxylation sites is 1. The standard InChI is InChI=1S/C10H14N2.CH2N4/c1-2-4-10(5-3-1)12-8-6-11-7-9-12;1-2-4-5-3-1/h1-5,11H,6-9H2;1H,(H,2,3,4,5). The molecule has 0 aliphatic carbocycles. The summed E-state index contributed by atoms with van der Waals surface area (Å²) < 4.78 is 0. The summed E-state index contributed by atoms with van der Waals surface area (Å²) in [5, 5.41) is 15.5. The summed E-state index contributed by atoms with van der Waals surface area (Å²) in [6, 6.07) is 10.6. The number of tetrazole rings is 1. The van der Waals surface area contributed by atoms with E-state index in [2.05, 4.69) is 61.2 Å². The largest absolute Gasteiger partial charge is 0.369 e. The van der Waals surface area contributed by atoms with Crippen LogP contribution in [0.1, 0.15) is 0 Å². The van der Waals surface area contributed by atoms with Crippen LogP contribution in [-0.4, -0.2) is 46.8 Å². The number of nitrogens with zero attached hydrogens (tertiary/aromatic N) is 4. The third kappa shape index (κ3) is 3.84. The zero-order valence-electron chi connectivity index (χ0n) is 9.58. The number of aromatic nitrogens is 4. The van der Waals surface area contributed by atoms with Crippen molar-refractivity contribution in [2.45, 2.75) is 0 Å². The zero-order valence-corrected chi connectivity index (χ0v) is 9.58. The first-order chi connectivity index (χ1) is 8.47. The van der Waals surface area contributed by atoms with E-state index in [1.807, 2.05) is 0 Å². The molecule has 2 heterocycles. The van der Waals surface area contributed by atoms with E-state index in [4.69, 9.17) is 0 Å². The van der Waals surface area contributed by atoms with Gasteiger partial charge >= 0.3 is 0 Å². The van der Waals surface area contributed by atoms with Gasteiger partial charge in [-0.2, -0.15) is 5.21 Å². The van der Waals surface area contributed by atoms with Crippen LogP contribution in [-0.2, 0) is 0 Å². The van der Waals surface area contributed by atoms with E-state index in [9.17, 15) is 0 Å². The summed E-state index contributed by atoms with van der Waals surface area (Å²) >= 11 is 0. The second-order valence-corrected chi connectivity index (χ2v) is 3.63. The van der Waals surface area contributed by atoms with Gasteiger partial charge in [0.15, 0.2) is 6.33 Å². The predicted molar refractivity (Wildman–Crippen MR) is 65.7 cm³/mol. The van der Waals surface area contributed by atoms with Gasteiger partial charge in [0.05, 0.1) is 0 Å². The zero-order chi connectivity index (χ0) is 11.8. The molecule has 6 nitrogen and oxygen atoms in total. The lowest BCUT2D eigenvalue weighted by molar-refractivity contribution is 0.589. The Morgan fingerprint density at radius 1 is 1.06 bits per heavy atom. The number of anilines is 1. The number of H-pyrrole nitrogens is 1. The summed E-state index contributed by atoms with van der Waals surface area (Å²) in [5.41, 5.74) is 1.35. The second-order valence-electron chi connectivity index (χ2n) is 3.63. The van der Waals surface area contributed by atoms with Gasteiger partial charge in [0.25, 0.3) is 0 Å². The first-order valence-electron chi connectivity index (χ1n) is 5.64. The fraction of sp³-hybridized carbons (Fsp3) is 0.364. The Morgan fingerprint density at radius 3 is 2.35 bits per heavy atom. The molecule has 3 rings (SSSR count). The van der Waals surface area contributed by atoms with Gasteiger partial charge in [-0.25, -0.2) is 0 Å². The van der Waals surface area contributed by atoms with Crippen molar-refractivity contribution in [3.63, 3.8) is 0 Å². The van der Waals surface area contributed by atoms with Crippen molar-refractivity contribution in [3.05, 3.63) is 36.7 Å². The highest BCUT2D eigenvalue weighted by molar-refractivity contribution is 5.46. The summed E-state index contributed by atoms with van der Waals surface area (Å²) in [6.07, 6.45) is 1.33. The predicted octanol–water partition coefficient (Wildman–Crippen LogP) is 0.296. The smallest absolute Gasteiger partial charge is 0.161 e. The van der Waals surface area contributed by atoms with Crippen LogP contribution < -0.4 is 10.2 Å². The molecule has 0 unspecified atom stereocenters. The Morgan fingerprint density at radius 2 is 1.82 bits per heavy atom. The number of nitrogens with one attached hydrogen (secondary N) is 2. The molecule has 0 spiro atoms. The van der Waals surface area contributed by atoms with E-state index >= 15 is 0 Å². The number of benzene rings is 1. The number of hydrogen-bond acceptors (Lipinski definition) is 5. The van der Waals surface area contributed by atoms with Gasteiger partial charge in [-0.05, 0) is 12.1 Å². The van der Waals surface area contributed by atoms with Gasteiger partial charge in [0.1, 0.15) is 0 Å². The molecule has 0 saturated carbocycles. The molecular weight excluding hydrogens is 216 g/mol. The Kier molecular flexibility index (Phi) is 4.47. The highest BCUT2D eigenvalue weighted by Crippen LogP contribution is 2.12. The fourth-order valence-corrected chi connectivity index (χ4v) is 1.69. The molecule has 0 atom stereocenters. The van der Waals surface area contributed by atoms with Crippen LogP contribution in [0.2, 0.25) is 0 Å². The maximum atomic E-state index is 3.38. The SMILES string of the molecule is c1ccc(N2CCNCC2)cc1.c1nn[nH]n1. The van der Waals surface area contributed by atoms with Gasteiger partial charge in [-0.3, -0.25) is 0 Å². The minimum absolute atomic E-state index is 1.11. The molecule has 0 radical (unpaired) electrons. The lowest BCUT2D eigenvalue weighted by atomic mass is 10.2. The Balaban J connectivity index is 0.000000181. The Hall–Kier alpha value is -1.95. The monoisotopic (exact) mass is 232 g/mol. The van der Waals surface area contributed by atoms with Crippen LogP contribution in [0.15, 0.2) is 36.7 Å². The summed E-state index contributed by atoms with van der Waals surface area (Å²) in [7, 11) is 0. The molecule has 1 aromatic carbocycles. The van der Waals surface area contributed by atoms with Crippen LogP contribution in [0, 0.1) is 0 Å². The minimum atomic E-state index is 1.11. The quantitative estimate of drug-likeness (QED) is 0.740. The van der Waals surface area contributed by atoms with Crippen LogP contribution >= 0.6 is 0 Å². The first kappa shape index (κ1) is 11.5. The third-order valence-corrected chi connectivity index (χ3v) is 2.51. The highest BCUT2D eigenvalue weighted by atomic mass is 15.5. The number of aromatic amines is 1. The maximum Gasteiger partial charge on any atom is 0.161 e. The van der Waals surface area contributed by atoms with Crippen LogP contribution in [0.3, 0.4) is 0 Å². The number of piperazine rings is 1. The van der Waals surface area contributed by atoms with Crippen molar-refractivity contribution >= 4 is 5.69 Å². The van der Waals surface area contributed by atoms with Crippen molar-refractivity contribution in [1.82, 2.24) is 25.9 Å². The van der Waals surface area contributed by atoms with Gasteiger partial charge < -0.3 is 10.2 Å². The summed E-state index contributed by atoms with van der Waals surface area (Å²) in [6.45, 7) is 4.47. The molecule has 1 aromatic heterocycles. The average Bonchev–Trinajstić information content (AvgIpc) is 3.00. The van der Waals surface area contributed by atoms with Crippen LogP contribution in [0.25, 0.3) is 0 Å². The molecule has 2 N–H and O–H groups in total. The molecule has 1 aliphatic heterocycles. The average molecular weight is 232 g/mol. The molecule has 17 heavy (non-hydrogen) atoms. The number of hydrogen-bond donors (Lipinski definition) is 2. The van der Waals surface area contributed by atoms with Crippen molar-refractivity contribution in [1.29, 1.82) is 0 Å². The van der Waals surface area contributed by atoms with E-state index in [1.165, 1.54) is 12.0 Å². The molecule has 1 saturated heterocycles. The van der Waals surface area contributed by atoms with Crippen LogP contribution in [0.4, 0.5) is 5.69 Å². The molecule has 90 valence electrons. The topological polar surface area (TPSA) is 69.7 Å². The highest BCUT2D eigenvalue weighted by Gasteiger charge is 2.08. The van der Waals surface area contributed by atoms with E-state index in [0.717, 1.165) is 26.2 Å². The second kappa shape index (κ2) is 6.59. The molecule has 0 amide bonds. The van der Waals surface area contributed by atoms with Crippen molar-refractivity contribution in [3.8, 4) is 0 Å². The first-order valence-corrected chi connectivity index (χ1v) is 5.64.